The Kier molecular flexibility index (Phi) is 6.15. The second-order valence-electron chi connectivity index (χ2n) is 6.16. The van der Waals surface area contributed by atoms with E-state index in [1.54, 1.807) is 0 Å². The van der Waals surface area contributed by atoms with Gasteiger partial charge in [0.25, 0.3) is 0 Å². The first-order valence-corrected chi connectivity index (χ1v) is 6.32. The van der Waals surface area contributed by atoms with E-state index >= 15 is 0 Å². The van der Waals surface area contributed by atoms with Crippen LogP contribution >= 0.6 is 0 Å². The van der Waals surface area contributed by atoms with Crippen molar-refractivity contribution >= 4 is 11.9 Å². The second kappa shape index (κ2) is 6.61. The molecule has 0 aromatic rings. The van der Waals surface area contributed by atoms with Crippen LogP contribution < -0.4 is 10.6 Å². The fourth-order valence-corrected chi connectivity index (χ4v) is 1.18. The average Bonchev–Trinajstić information content (AvgIpc) is 2.09. The Labute approximate surface area is 110 Å². The van der Waals surface area contributed by atoms with Gasteiger partial charge in [-0.25, -0.2) is 4.99 Å². The molecule has 0 atom stereocenters. The highest BCUT2D eigenvalue weighted by atomic mass is 16.6. The van der Waals surface area contributed by atoms with E-state index < -0.39 is 5.60 Å². The van der Waals surface area contributed by atoms with Gasteiger partial charge in [0, 0.05) is 12.1 Å². The van der Waals surface area contributed by atoms with Gasteiger partial charge in [0.2, 0.25) is 0 Å². The smallest absolute Gasteiger partial charge is 0.328 e. The SMILES string of the molecule is CCNC(=NCC(=O)OC(C)(C)C)NC(C)(C)C. The molecule has 0 unspecified atom stereocenters. The van der Waals surface area contributed by atoms with Crippen LogP contribution in [-0.4, -0.2) is 36.2 Å². The van der Waals surface area contributed by atoms with E-state index in [1.165, 1.54) is 0 Å². The number of aliphatic imine (C=N–C) groups is 1. The van der Waals surface area contributed by atoms with E-state index in [4.69, 9.17) is 4.74 Å². The highest BCUT2D eigenvalue weighted by Gasteiger charge is 2.16. The molecule has 0 saturated heterocycles. The number of guanidine groups is 1. The topological polar surface area (TPSA) is 62.7 Å². The number of nitrogens with zero attached hydrogens (tertiary/aromatic N) is 1. The maximum atomic E-state index is 11.5. The summed E-state index contributed by atoms with van der Waals surface area (Å²) in [5.74, 6) is 0.296. The second-order valence-corrected chi connectivity index (χ2v) is 6.16. The van der Waals surface area contributed by atoms with Crippen molar-refractivity contribution < 1.29 is 9.53 Å². The molecule has 18 heavy (non-hydrogen) atoms. The molecule has 2 N–H and O–H groups in total. The summed E-state index contributed by atoms with van der Waals surface area (Å²) < 4.78 is 5.19. The number of carbonyl (C=O) groups is 1. The monoisotopic (exact) mass is 257 g/mol. The first kappa shape index (κ1) is 16.7. The number of esters is 1. The molecule has 0 aliphatic rings. The van der Waals surface area contributed by atoms with E-state index in [1.807, 2.05) is 48.5 Å². The summed E-state index contributed by atoms with van der Waals surface area (Å²) in [5.41, 5.74) is -0.572. The Morgan fingerprint density at radius 2 is 1.72 bits per heavy atom. The van der Waals surface area contributed by atoms with Gasteiger partial charge >= 0.3 is 5.97 Å². The van der Waals surface area contributed by atoms with Gasteiger partial charge in [0.15, 0.2) is 5.96 Å². The van der Waals surface area contributed by atoms with E-state index in [0.29, 0.717) is 5.96 Å². The van der Waals surface area contributed by atoms with Crippen molar-refractivity contribution in [1.82, 2.24) is 10.6 Å². The van der Waals surface area contributed by atoms with Crippen molar-refractivity contribution in [2.75, 3.05) is 13.1 Å². The zero-order valence-corrected chi connectivity index (χ0v) is 12.7. The number of ether oxygens (including phenoxy) is 1. The molecule has 0 aromatic carbocycles. The van der Waals surface area contributed by atoms with Crippen LogP contribution in [0.15, 0.2) is 4.99 Å². The summed E-state index contributed by atoms with van der Waals surface area (Å²) in [4.78, 5) is 15.8. The maximum Gasteiger partial charge on any atom is 0.328 e. The number of rotatable bonds is 3. The molecule has 0 aromatic heterocycles. The molecule has 0 aliphatic carbocycles. The summed E-state index contributed by atoms with van der Waals surface area (Å²) >= 11 is 0. The van der Waals surface area contributed by atoms with E-state index in [-0.39, 0.29) is 18.1 Å². The van der Waals surface area contributed by atoms with Crippen molar-refractivity contribution in [2.24, 2.45) is 4.99 Å². The molecule has 0 amide bonds. The molecule has 0 radical (unpaired) electrons. The average molecular weight is 257 g/mol. The van der Waals surface area contributed by atoms with Gasteiger partial charge in [-0.15, -0.1) is 0 Å². The molecule has 5 nitrogen and oxygen atoms in total. The first-order valence-electron chi connectivity index (χ1n) is 6.32. The Bertz CT molecular complexity index is 298. The Morgan fingerprint density at radius 1 is 1.17 bits per heavy atom. The third-order valence-corrected chi connectivity index (χ3v) is 1.62. The van der Waals surface area contributed by atoms with Crippen LogP contribution in [0.5, 0.6) is 0 Å². The standard InChI is InChI=1S/C13H27N3O2/c1-8-14-11(16-12(2,3)4)15-9-10(17)18-13(5,6)7/h8-9H2,1-7H3,(H2,14,15,16). The lowest BCUT2D eigenvalue weighted by atomic mass is 10.1. The Morgan fingerprint density at radius 3 is 2.11 bits per heavy atom. The fourth-order valence-electron chi connectivity index (χ4n) is 1.18. The predicted molar refractivity (Wildman–Crippen MR) is 74.7 cm³/mol. The molecule has 0 aliphatic heterocycles. The molecule has 0 bridgehead atoms. The van der Waals surface area contributed by atoms with E-state index in [2.05, 4.69) is 15.6 Å². The molecule has 106 valence electrons. The molecule has 5 heteroatoms. The van der Waals surface area contributed by atoms with Gasteiger partial charge in [-0.3, -0.25) is 4.79 Å². The van der Waals surface area contributed by atoms with Crippen LogP contribution in [0.1, 0.15) is 48.5 Å². The largest absolute Gasteiger partial charge is 0.459 e. The summed E-state index contributed by atoms with van der Waals surface area (Å²) in [6, 6.07) is 0. The fraction of sp³-hybridized carbons (Fsp3) is 0.846. The van der Waals surface area contributed by atoms with Gasteiger partial charge in [-0.2, -0.15) is 0 Å². The van der Waals surface area contributed by atoms with E-state index in [0.717, 1.165) is 6.54 Å². The van der Waals surface area contributed by atoms with Crippen LogP contribution in [0.2, 0.25) is 0 Å². The van der Waals surface area contributed by atoms with Crippen molar-refractivity contribution in [3.8, 4) is 0 Å². The first-order chi connectivity index (χ1) is 8.03. The molecule has 0 fully saturated rings. The van der Waals surface area contributed by atoms with Crippen molar-refractivity contribution in [2.45, 2.75) is 59.6 Å². The highest BCUT2D eigenvalue weighted by Crippen LogP contribution is 2.06. The van der Waals surface area contributed by atoms with Crippen molar-refractivity contribution in [3.63, 3.8) is 0 Å². The van der Waals surface area contributed by atoms with Crippen LogP contribution in [0, 0.1) is 0 Å². The summed E-state index contributed by atoms with van der Waals surface area (Å²) in [6.45, 7) is 14.4. The van der Waals surface area contributed by atoms with E-state index in [9.17, 15) is 4.79 Å². The quantitative estimate of drug-likeness (QED) is 0.459. The van der Waals surface area contributed by atoms with Crippen molar-refractivity contribution in [3.05, 3.63) is 0 Å². The Hall–Kier alpha value is -1.26. The molecule has 0 spiro atoms. The molecule has 0 saturated carbocycles. The number of hydrogen-bond acceptors (Lipinski definition) is 3. The van der Waals surface area contributed by atoms with Crippen molar-refractivity contribution in [1.29, 1.82) is 0 Å². The highest BCUT2D eigenvalue weighted by molar-refractivity contribution is 5.83. The zero-order chi connectivity index (χ0) is 14.4. The zero-order valence-electron chi connectivity index (χ0n) is 12.7. The van der Waals surface area contributed by atoms with Crippen LogP contribution in [0.3, 0.4) is 0 Å². The van der Waals surface area contributed by atoms with Gasteiger partial charge in [-0.1, -0.05) is 0 Å². The molecular weight excluding hydrogens is 230 g/mol. The minimum absolute atomic E-state index is 0.0166. The maximum absolute atomic E-state index is 11.5. The number of nitrogens with one attached hydrogen (secondary N) is 2. The van der Waals surface area contributed by atoms with Crippen LogP contribution in [-0.2, 0) is 9.53 Å². The van der Waals surface area contributed by atoms with Gasteiger partial charge in [-0.05, 0) is 48.5 Å². The lowest BCUT2D eigenvalue weighted by Gasteiger charge is -2.24. The van der Waals surface area contributed by atoms with Gasteiger partial charge < -0.3 is 15.4 Å². The summed E-state index contributed by atoms with van der Waals surface area (Å²) in [6.07, 6.45) is 0. The van der Waals surface area contributed by atoms with Gasteiger partial charge in [0.05, 0.1) is 0 Å². The molecule has 0 heterocycles. The minimum atomic E-state index is -0.470. The summed E-state index contributed by atoms with van der Waals surface area (Å²) in [5, 5.41) is 6.29. The predicted octanol–water partition coefficient (Wildman–Crippen LogP) is 1.68. The molecular formula is C13H27N3O2. The van der Waals surface area contributed by atoms with Crippen LogP contribution in [0.25, 0.3) is 0 Å². The number of carbonyl (C=O) groups excluding carboxylic acids is 1. The Balaban J connectivity index is 4.45. The number of hydrogen-bond donors (Lipinski definition) is 2. The minimum Gasteiger partial charge on any atom is -0.459 e. The lowest BCUT2D eigenvalue weighted by molar-refractivity contribution is -0.152. The normalized spacial score (nSPS) is 13.2. The van der Waals surface area contributed by atoms with Gasteiger partial charge in [0.1, 0.15) is 12.1 Å². The molecule has 0 rings (SSSR count). The lowest BCUT2D eigenvalue weighted by Crippen LogP contribution is -2.47. The van der Waals surface area contributed by atoms with Crippen LogP contribution in [0.4, 0.5) is 0 Å². The third kappa shape index (κ3) is 9.93. The summed E-state index contributed by atoms with van der Waals surface area (Å²) in [7, 11) is 0. The third-order valence-electron chi connectivity index (χ3n) is 1.62.